The first-order chi connectivity index (χ1) is 5.24. The Morgan fingerprint density at radius 2 is 2.09 bits per heavy atom. The molecule has 1 nitrogen and oxygen atoms in total. The number of rotatable bonds is 5. The molecule has 11 heavy (non-hydrogen) atoms. The van der Waals surface area contributed by atoms with E-state index in [1.54, 1.807) is 0 Å². The molecule has 0 bridgehead atoms. The summed E-state index contributed by atoms with van der Waals surface area (Å²) >= 11 is 0. The number of ether oxygens (including phenoxy) is 1. The molecular weight excluding hydrogens is 136 g/mol. The van der Waals surface area contributed by atoms with Gasteiger partial charge in [0.15, 0.2) is 0 Å². The molecule has 0 heterocycles. The van der Waals surface area contributed by atoms with Crippen LogP contribution >= 0.6 is 0 Å². The molecule has 0 spiro atoms. The molecule has 1 fully saturated rings. The van der Waals surface area contributed by atoms with Crippen molar-refractivity contribution in [2.75, 3.05) is 13.2 Å². The topological polar surface area (TPSA) is 9.23 Å². The minimum absolute atomic E-state index is 0.867. The zero-order valence-corrected chi connectivity index (χ0v) is 7.97. The molecule has 1 aliphatic carbocycles. The lowest BCUT2D eigenvalue weighted by Gasteiger charge is -2.03. The fourth-order valence-corrected chi connectivity index (χ4v) is 1.68. The molecule has 66 valence electrons. The summed E-state index contributed by atoms with van der Waals surface area (Å²) in [6, 6.07) is 0. The SMILES string of the molecule is CCOC[C@@H]1C[C@H]1CC(C)C. The quantitative estimate of drug-likeness (QED) is 0.594. The van der Waals surface area contributed by atoms with Crippen molar-refractivity contribution in [2.45, 2.75) is 33.6 Å². The Bertz CT molecular complexity index is 109. The van der Waals surface area contributed by atoms with E-state index in [0.717, 1.165) is 31.0 Å². The number of hydrogen-bond acceptors (Lipinski definition) is 1. The van der Waals surface area contributed by atoms with Crippen molar-refractivity contribution in [3.8, 4) is 0 Å². The predicted molar refractivity (Wildman–Crippen MR) is 47.5 cm³/mol. The summed E-state index contributed by atoms with van der Waals surface area (Å²) in [6.07, 6.45) is 2.82. The molecule has 0 aromatic rings. The van der Waals surface area contributed by atoms with Gasteiger partial charge in [0.2, 0.25) is 0 Å². The molecule has 0 aromatic carbocycles. The lowest BCUT2D eigenvalue weighted by molar-refractivity contribution is 0.132. The summed E-state index contributed by atoms with van der Waals surface area (Å²) in [4.78, 5) is 0. The van der Waals surface area contributed by atoms with Gasteiger partial charge in [0, 0.05) is 13.2 Å². The summed E-state index contributed by atoms with van der Waals surface area (Å²) in [5.41, 5.74) is 0. The molecular formula is C10H20O. The lowest BCUT2D eigenvalue weighted by Crippen LogP contribution is -1.98. The van der Waals surface area contributed by atoms with Crippen LogP contribution in [-0.4, -0.2) is 13.2 Å². The second-order valence-electron chi connectivity index (χ2n) is 4.04. The average molecular weight is 156 g/mol. The minimum Gasteiger partial charge on any atom is -0.381 e. The van der Waals surface area contributed by atoms with Gasteiger partial charge in [0.25, 0.3) is 0 Å². The predicted octanol–water partition coefficient (Wildman–Crippen LogP) is 2.71. The van der Waals surface area contributed by atoms with Crippen LogP contribution in [-0.2, 0) is 4.74 Å². The van der Waals surface area contributed by atoms with E-state index >= 15 is 0 Å². The minimum atomic E-state index is 0.867. The Hall–Kier alpha value is -0.0400. The first-order valence-corrected chi connectivity index (χ1v) is 4.81. The van der Waals surface area contributed by atoms with E-state index in [2.05, 4.69) is 20.8 Å². The van der Waals surface area contributed by atoms with Gasteiger partial charge >= 0.3 is 0 Å². The first kappa shape index (κ1) is 9.05. The molecule has 1 rings (SSSR count). The monoisotopic (exact) mass is 156 g/mol. The highest BCUT2D eigenvalue weighted by molar-refractivity contribution is 4.86. The Labute approximate surface area is 70.1 Å². The van der Waals surface area contributed by atoms with E-state index in [0.29, 0.717) is 0 Å². The van der Waals surface area contributed by atoms with Gasteiger partial charge in [0.05, 0.1) is 0 Å². The van der Waals surface area contributed by atoms with Gasteiger partial charge in [-0.05, 0) is 37.5 Å². The Morgan fingerprint density at radius 1 is 1.36 bits per heavy atom. The maximum Gasteiger partial charge on any atom is 0.0496 e. The summed E-state index contributed by atoms with van der Waals surface area (Å²) in [5.74, 6) is 2.76. The third kappa shape index (κ3) is 3.24. The zero-order chi connectivity index (χ0) is 8.27. The van der Waals surface area contributed by atoms with Crippen molar-refractivity contribution in [1.82, 2.24) is 0 Å². The highest BCUT2D eigenvalue weighted by atomic mass is 16.5. The Kier molecular flexibility index (Phi) is 3.38. The summed E-state index contributed by atoms with van der Waals surface area (Å²) in [7, 11) is 0. The maximum absolute atomic E-state index is 5.37. The smallest absolute Gasteiger partial charge is 0.0496 e. The fraction of sp³-hybridized carbons (Fsp3) is 1.00. The van der Waals surface area contributed by atoms with E-state index in [1.165, 1.54) is 12.8 Å². The molecule has 0 N–H and O–H groups in total. The molecule has 0 amide bonds. The molecule has 1 aliphatic rings. The molecule has 0 radical (unpaired) electrons. The van der Waals surface area contributed by atoms with Gasteiger partial charge in [-0.25, -0.2) is 0 Å². The van der Waals surface area contributed by atoms with Crippen LogP contribution in [0, 0.1) is 17.8 Å². The summed E-state index contributed by atoms with van der Waals surface area (Å²) < 4.78 is 5.37. The van der Waals surface area contributed by atoms with Crippen molar-refractivity contribution >= 4 is 0 Å². The third-order valence-corrected chi connectivity index (χ3v) is 2.38. The standard InChI is InChI=1S/C10H20O/c1-4-11-7-10-6-9(10)5-8(2)3/h8-10H,4-7H2,1-3H3/t9-,10+/m1/s1. The van der Waals surface area contributed by atoms with Gasteiger partial charge in [0.1, 0.15) is 0 Å². The highest BCUT2D eigenvalue weighted by Crippen LogP contribution is 2.43. The van der Waals surface area contributed by atoms with Gasteiger partial charge in [-0.2, -0.15) is 0 Å². The normalized spacial score (nSPS) is 29.5. The van der Waals surface area contributed by atoms with Crippen LogP contribution in [0.15, 0.2) is 0 Å². The van der Waals surface area contributed by atoms with Crippen molar-refractivity contribution in [2.24, 2.45) is 17.8 Å². The average Bonchev–Trinajstić information content (AvgIpc) is 2.62. The molecule has 2 atom stereocenters. The van der Waals surface area contributed by atoms with E-state index in [-0.39, 0.29) is 0 Å². The highest BCUT2D eigenvalue weighted by Gasteiger charge is 2.36. The van der Waals surface area contributed by atoms with Crippen LogP contribution in [0.2, 0.25) is 0 Å². The Balaban J connectivity index is 1.98. The second kappa shape index (κ2) is 4.10. The fourth-order valence-electron chi connectivity index (χ4n) is 1.68. The van der Waals surface area contributed by atoms with Crippen LogP contribution in [0.3, 0.4) is 0 Å². The maximum atomic E-state index is 5.37. The van der Waals surface area contributed by atoms with E-state index in [9.17, 15) is 0 Å². The molecule has 1 saturated carbocycles. The molecule has 1 heteroatoms. The van der Waals surface area contributed by atoms with Gasteiger partial charge in [-0.1, -0.05) is 13.8 Å². The first-order valence-electron chi connectivity index (χ1n) is 4.81. The second-order valence-corrected chi connectivity index (χ2v) is 4.04. The number of hydrogen-bond donors (Lipinski definition) is 0. The van der Waals surface area contributed by atoms with Crippen LogP contribution in [0.25, 0.3) is 0 Å². The molecule has 0 aromatic heterocycles. The van der Waals surface area contributed by atoms with Crippen molar-refractivity contribution < 1.29 is 4.74 Å². The van der Waals surface area contributed by atoms with Crippen molar-refractivity contribution in [3.63, 3.8) is 0 Å². The third-order valence-electron chi connectivity index (χ3n) is 2.38. The molecule has 0 saturated heterocycles. The van der Waals surface area contributed by atoms with Crippen LogP contribution in [0.4, 0.5) is 0 Å². The van der Waals surface area contributed by atoms with E-state index in [1.807, 2.05) is 0 Å². The van der Waals surface area contributed by atoms with E-state index in [4.69, 9.17) is 4.74 Å². The van der Waals surface area contributed by atoms with Gasteiger partial charge in [-0.3, -0.25) is 0 Å². The summed E-state index contributed by atoms with van der Waals surface area (Å²) in [5, 5.41) is 0. The van der Waals surface area contributed by atoms with Crippen LogP contribution in [0.5, 0.6) is 0 Å². The molecule has 0 aliphatic heterocycles. The lowest BCUT2D eigenvalue weighted by atomic mass is 10.1. The molecule has 0 unspecified atom stereocenters. The summed E-state index contributed by atoms with van der Waals surface area (Å²) in [6.45, 7) is 8.56. The van der Waals surface area contributed by atoms with Crippen LogP contribution < -0.4 is 0 Å². The largest absolute Gasteiger partial charge is 0.381 e. The van der Waals surface area contributed by atoms with Crippen molar-refractivity contribution in [3.05, 3.63) is 0 Å². The van der Waals surface area contributed by atoms with Crippen molar-refractivity contribution in [1.29, 1.82) is 0 Å². The zero-order valence-electron chi connectivity index (χ0n) is 7.97. The van der Waals surface area contributed by atoms with Gasteiger partial charge < -0.3 is 4.74 Å². The Morgan fingerprint density at radius 3 is 2.64 bits per heavy atom. The van der Waals surface area contributed by atoms with Gasteiger partial charge in [-0.15, -0.1) is 0 Å². The van der Waals surface area contributed by atoms with E-state index < -0.39 is 0 Å². The van der Waals surface area contributed by atoms with Crippen LogP contribution in [0.1, 0.15) is 33.6 Å².